The molecule has 2 heterocycles. The van der Waals surface area contributed by atoms with Crippen LogP contribution in [0.2, 0.25) is 0 Å². The van der Waals surface area contributed by atoms with E-state index in [0.29, 0.717) is 18.1 Å². The summed E-state index contributed by atoms with van der Waals surface area (Å²) in [6.45, 7) is 10.7. The number of rotatable bonds is 2. The first-order chi connectivity index (χ1) is 16.4. The molecule has 196 valence electrons. The summed E-state index contributed by atoms with van der Waals surface area (Å²) in [5, 5.41) is 22.2. The van der Waals surface area contributed by atoms with Crippen LogP contribution in [0.15, 0.2) is 40.4 Å². The molecule has 7 nitrogen and oxygen atoms in total. The van der Waals surface area contributed by atoms with E-state index in [0.717, 1.165) is 16.9 Å². The molecular weight excluding hydrogens is 466 g/mol. The Kier molecular flexibility index (Phi) is 10.8. The number of Topliss-reactive ketones (excluding diaryl/α,β-unsaturated/α-hetero) is 1. The Hall–Kier alpha value is -1.90. The van der Waals surface area contributed by atoms with Crippen molar-refractivity contribution in [2.24, 2.45) is 22.2 Å². The Labute approximate surface area is 213 Å². The minimum atomic E-state index is -1.24. The number of esters is 1. The van der Waals surface area contributed by atoms with E-state index in [1.54, 1.807) is 39.6 Å². The highest BCUT2D eigenvalue weighted by Crippen LogP contribution is 2.32. The zero-order valence-electron chi connectivity index (χ0n) is 22.0. The van der Waals surface area contributed by atoms with Gasteiger partial charge < -0.3 is 19.7 Å². The highest BCUT2D eigenvalue weighted by atomic mass is 32.2. The molecule has 2 N–H and O–H groups in total. The second kappa shape index (κ2) is 12.9. The van der Waals surface area contributed by atoms with Crippen LogP contribution in [-0.2, 0) is 19.1 Å². The summed E-state index contributed by atoms with van der Waals surface area (Å²) >= 11 is 1.54. The number of aliphatic hydroxyl groups is 2. The molecule has 0 aromatic heterocycles. The zero-order chi connectivity index (χ0) is 26.3. The number of ether oxygens (including phenoxy) is 2. The van der Waals surface area contributed by atoms with Gasteiger partial charge in [0.2, 0.25) is 5.23 Å². The molecule has 6 atom stereocenters. The van der Waals surface area contributed by atoms with Crippen molar-refractivity contribution in [2.45, 2.75) is 85.2 Å². The molecule has 0 amide bonds. The summed E-state index contributed by atoms with van der Waals surface area (Å²) in [6.07, 6.45) is 6.19. The van der Waals surface area contributed by atoms with Crippen molar-refractivity contribution in [1.29, 1.82) is 0 Å². The van der Waals surface area contributed by atoms with E-state index in [1.165, 1.54) is 0 Å². The third-order valence-electron chi connectivity index (χ3n) is 6.91. The van der Waals surface area contributed by atoms with E-state index in [1.807, 2.05) is 45.1 Å². The highest BCUT2D eigenvalue weighted by Gasteiger charge is 2.42. The summed E-state index contributed by atoms with van der Waals surface area (Å²) < 4.78 is 11.0. The Morgan fingerprint density at radius 1 is 1.29 bits per heavy atom. The lowest BCUT2D eigenvalue weighted by molar-refractivity contribution is -0.154. The lowest BCUT2D eigenvalue weighted by Crippen LogP contribution is -2.45. The molecule has 0 bridgehead atoms. The van der Waals surface area contributed by atoms with Crippen LogP contribution in [0.1, 0.15) is 60.8 Å². The molecule has 0 aromatic carbocycles. The van der Waals surface area contributed by atoms with Gasteiger partial charge in [0.25, 0.3) is 0 Å². The highest BCUT2D eigenvalue weighted by molar-refractivity contribution is 8.13. The fourth-order valence-corrected chi connectivity index (χ4v) is 5.07. The molecule has 0 aromatic rings. The SMILES string of the molecule is COC1=NC(C=C(C)[C@@H]2CC=C(C)CC=C[C@H](C)[C@H](O)[C@@H](C)C(=O)C(C)(C)[C@@H](O)CC(=O)O2)CS1. The van der Waals surface area contributed by atoms with Gasteiger partial charge in [-0.05, 0) is 25.8 Å². The summed E-state index contributed by atoms with van der Waals surface area (Å²) in [6, 6.07) is -0.0569. The van der Waals surface area contributed by atoms with Gasteiger partial charge in [-0.2, -0.15) is 0 Å². The molecule has 2 aliphatic heterocycles. The van der Waals surface area contributed by atoms with E-state index >= 15 is 0 Å². The molecule has 0 spiro atoms. The maximum atomic E-state index is 13.2. The van der Waals surface area contributed by atoms with Crippen LogP contribution in [0.25, 0.3) is 0 Å². The number of allylic oxidation sites excluding steroid dienone is 2. The lowest BCUT2D eigenvalue weighted by Gasteiger charge is -2.34. The predicted octanol–water partition coefficient (Wildman–Crippen LogP) is 4.24. The number of aliphatic imine (C=N–C) groups is 1. The Bertz CT molecular complexity index is 890. The van der Waals surface area contributed by atoms with Crippen LogP contribution < -0.4 is 0 Å². The van der Waals surface area contributed by atoms with Crippen LogP contribution in [0.4, 0.5) is 0 Å². The molecule has 0 fully saturated rings. The Morgan fingerprint density at radius 3 is 2.60 bits per heavy atom. The van der Waals surface area contributed by atoms with Gasteiger partial charge in [0, 0.05) is 24.0 Å². The molecule has 2 rings (SSSR count). The number of nitrogens with zero attached hydrogens (tertiary/aromatic N) is 1. The van der Waals surface area contributed by atoms with Crippen molar-refractivity contribution in [2.75, 3.05) is 12.9 Å². The summed E-state index contributed by atoms with van der Waals surface area (Å²) in [4.78, 5) is 30.5. The Morgan fingerprint density at radius 2 is 1.97 bits per heavy atom. The molecule has 35 heavy (non-hydrogen) atoms. The van der Waals surface area contributed by atoms with Gasteiger partial charge in [-0.1, -0.05) is 69.3 Å². The van der Waals surface area contributed by atoms with E-state index in [2.05, 4.69) is 4.99 Å². The zero-order valence-corrected chi connectivity index (χ0v) is 22.8. The van der Waals surface area contributed by atoms with E-state index in [9.17, 15) is 19.8 Å². The number of carbonyl (C=O) groups excluding carboxylic acids is 2. The minimum absolute atomic E-state index is 0.0569. The topological polar surface area (TPSA) is 105 Å². The van der Waals surface area contributed by atoms with Crippen molar-refractivity contribution in [3.63, 3.8) is 0 Å². The number of carbonyl (C=O) groups is 2. The van der Waals surface area contributed by atoms with Crippen molar-refractivity contribution in [3.05, 3.63) is 35.5 Å². The maximum absolute atomic E-state index is 13.2. The smallest absolute Gasteiger partial charge is 0.309 e. The van der Waals surface area contributed by atoms with Crippen molar-refractivity contribution in [1.82, 2.24) is 0 Å². The number of hydrogen-bond acceptors (Lipinski definition) is 8. The van der Waals surface area contributed by atoms with Crippen LogP contribution in [-0.4, -0.2) is 64.4 Å². The van der Waals surface area contributed by atoms with Crippen LogP contribution >= 0.6 is 11.8 Å². The fourth-order valence-electron chi connectivity index (χ4n) is 4.26. The molecule has 0 saturated carbocycles. The first kappa shape index (κ1) is 29.3. The second-order valence-electron chi connectivity index (χ2n) is 10.2. The van der Waals surface area contributed by atoms with Gasteiger partial charge in [-0.15, -0.1) is 0 Å². The number of cyclic esters (lactones) is 1. The maximum Gasteiger partial charge on any atom is 0.309 e. The van der Waals surface area contributed by atoms with Gasteiger partial charge in [-0.25, -0.2) is 4.99 Å². The normalized spacial score (nSPS) is 33.7. The van der Waals surface area contributed by atoms with Gasteiger partial charge in [-0.3, -0.25) is 9.59 Å². The number of aliphatic hydroxyl groups excluding tert-OH is 2. The standard InChI is InChI=1S/C27H41NO6S/c1-16-9-8-10-17(2)24(31)19(4)25(32)27(5,6)22(29)14-23(30)34-21(12-11-16)18(3)13-20-15-35-26(28-20)33-7/h8,10-11,13,17,19-22,24,29,31H,9,12,14-15H2,1-7H3/t17-,19+,20?,21-,22-,24-/m0/s1. The monoisotopic (exact) mass is 507 g/mol. The Balaban J connectivity index is 2.34. The molecule has 8 heteroatoms. The summed E-state index contributed by atoms with van der Waals surface area (Å²) in [5.74, 6) is -1.02. The molecule has 0 aliphatic carbocycles. The summed E-state index contributed by atoms with van der Waals surface area (Å²) in [5.41, 5.74) is 0.759. The molecule has 0 radical (unpaired) electrons. The molecule has 1 unspecified atom stereocenters. The predicted molar refractivity (Wildman–Crippen MR) is 140 cm³/mol. The molecule has 0 saturated heterocycles. The average Bonchev–Trinajstić information content (AvgIpc) is 3.26. The second-order valence-corrected chi connectivity index (χ2v) is 11.2. The van der Waals surface area contributed by atoms with Gasteiger partial charge in [0.1, 0.15) is 11.9 Å². The van der Waals surface area contributed by atoms with Crippen molar-refractivity contribution >= 4 is 28.7 Å². The van der Waals surface area contributed by atoms with E-state index in [4.69, 9.17) is 9.47 Å². The van der Waals surface area contributed by atoms with Crippen LogP contribution in [0.5, 0.6) is 0 Å². The van der Waals surface area contributed by atoms with E-state index < -0.39 is 35.6 Å². The van der Waals surface area contributed by atoms with Gasteiger partial charge in [0.15, 0.2) is 0 Å². The first-order valence-corrected chi connectivity index (χ1v) is 13.2. The lowest BCUT2D eigenvalue weighted by atomic mass is 9.73. The third-order valence-corrected chi connectivity index (χ3v) is 7.94. The minimum Gasteiger partial charge on any atom is -0.476 e. The van der Waals surface area contributed by atoms with E-state index in [-0.39, 0.29) is 24.2 Å². The molecular formula is C27H41NO6S. The number of ketones is 1. The number of methoxy groups -OCH3 is 1. The van der Waals surface area contributed by atoms with Crippen molar-refractivity contribution < 1.29 is 29.3 Å². The van der Waals surface area contributed by atoms with Crippen LogP contribution in [0.3, 0.4) is 0 Å². The number of thioether (sulfide) groups is 1. The van der Waals surface area contributed by atoms with Crippen LogP contribution in [0, 0.1) is 17.3 Å². The summed E-state index contributed by atoms with van der Waals surface area (Å²) in [7, 11) is 1.59. The first-order valence-electron chi connectivity index (χ1n) is 12.2. The van der Waals surface area contributed by atoms with Crippen molar-refractivity contribution in [3.8, 4) is 0 Å². The van der Waals surface area contributed by atoms with Gasteiger partial charge in [0.05, 0.1) is 37.2 Å². The quantitative estimate of drug-likeness (QED) is 0.425. The molecule has 2 aliphatic rings. The van der Waals surface area contributed by atoms with Gasteiger partial charge >= 0.3 is 5.97 Å². The average molecular weight is 508 g/mol. The number of hydrogen-bond donors (Lipinski definition) is 2. The fraction of sp³-hybridized carbons (Fsp3) is 0.667. The third kappa shape index (κ3) is 8.05. The largest absolute Gasteiger partial charge is 0.476 e.